The third-order valence-corrected chi connectivity index (χ3v) is 5.29. The first-order valence-electron chi connectivity index (χ1n) is 7.63. The van der Waals surface area contributed by atoms with E-state index in [9.17, 15) is 4.79 Å². The van der Waals surface area contributed by atoms with Gasteiger partial charge in [0.15, 0.2) is 10.1 Å². The number of aryl methyl sites for hydroxylation is 1. The minimum atomic E-state index is 0.00208. The molecule has 1 aromatic heterocycles. The van der Waals surface area contributed by atoms with Crippen LogP contribution in [0.25, 0.3) is 10.2 Å². The second kappa shape index (κ2) is 7.64. The number of benzene rings is 2. The molecule has 0 unspecified atom stereocenters. The molecule has 0 spiro atoms. The fraction of sp³-hybridized carbons (Fsp3) is 0.158. The van der Waals surface area contributed by atoms with E-state index in [1.54, 1.807) is 22.8 Å². The zero-order valence-corrected chi connectivity index (χ0v) is 15.1. The fourth-order valence-corrected chi connectivity index (χ4v) is 3.97. The van der Waals surface area contributed by atoms with Crippen LogP contribution in [0.15, 0.2) is 58.3 Å². The molecule has 1 heterocycles. The molecule has 0 aliphatic carbocycles. The zero-order valence-electron chi connectivity index (χ0n) is 13.5. The highest BCUT2D eigenvalue weighted by Crippen LogP contribution is 2.32. The lowest BCUT2D eigenvalue weighted by atomic mass is 10.1. The van der Waals surface area contributed by atoms with Gasteiger partial charge in [0.2, 0.25) is 0 Å². The van der Waals surface area contributed by atoms with Crippen molar-refractivity contribution < 1.29 is 9.53 Å². The molecule has 0 atom stereocenters. The topological polar surface area (TPSA) is 39.2 Å². The van der Waals surface area contributed by atoms with Crippen LogP contribution in [0, 0.1) is 6.92 Å². The predicted molar refractivity (Wildman–Crippen MR) is 101 cm³/mol. The standard InChI is InChI=1S/C19H17NO2S2/c1-3-22-15-8-9-16-18(12-15)24-19(20-16)23-11-10-17(21)14-6-4-13(2)5-7-14/h4-12H,3H2,1-2H3/b11-10+. The molecule has 0 aliphatic rings. The van der Waals surface area contributed by atoms with Crippen molar-refractivity contribution in [1.29, 1.82) is 0 Å². The molecule has 0 N–H and O–H groups in total. The van der Waals surface area contributed by atoms with Gasteiger partial charge in [0.1, 0.15) is 5.75 Å². The van der Waals surface area contributed by atoms with Gasteiger partial charge in [0.25, 0.3) is 0 Å². The Labute approximate surface area is 149 Å². The van der Waals surface area contributed by atoms with Crippen LogP contribution in [0.1, 0.15) is 22.8 Å². The van der Waals surface area contributed by atoms with Crippen molar-refractivity contribution in [3.63, 3.8) is 0 Å². The molecule has 0 bridgehead atoms. The van der Waals surface area contributed by atoms with Crippen LogP contribution >= 0.6 is 23.1 Å². The van der Waals surface area contributed by atoms with E-state index in [4.69, 9.17) is 4.74 Å². The molecular formula is C19H17NO2S2. The average molecular weight is 355 g/mol. The Balaban J connectivity index is 1.68. The van der Waals surface area contributed by atoms with Gasteiger partial charge < -0.3 is 4.74 Å². The molecule has 5 heteroatoms. The van der Waals surface area contributed by atoms with E-state index >= 15 is 0 Å². The highest BCUT2D eigenvalue weighted by Gasteiger charge is 2.05. The minimum absolute atomic E-state index is 0.00208. The monoisotopic (exact) mass is 355 g/mol. The number of ketones is 1. The summed E-state index contributed by atoms with van der Waals surface area (Å²) in [5, 5.41) is 1.79. The summed E-state index contributed by atoms with van der Waals surface area (Å²) in [6, 6.07) is 13.5. The second-order valence-electron chi connectivity index (χ2n) is 5.19. The number of carbonyl (C=O) groups excluding carboxylic acids is 1. The van der Waals surface area contributed by atoms with E-state index in [0.717, 1.165) is 25.9 Å². The summed E-state index contributed by atoms with van der Waals surface area (Å²) in [5.74, 6) is 0.859. The Morgan fingerprint density at radius 3 is 2.79 bits per heavy atom. The van der Waals surface area contributed by atoms with E-state index in [2.05, 4.69) is 4.98 Å². The number of hydrogen-bond donors (Lipinski definition) is 0. The molecular weight excluding hydrogens is 338 g/mol. The number of thiazole rings is 1. The summed E-state index contributed by atoms with van der Waals surface area (Å²) >= 11 is 3.05. The number of carbonyl (C=O) groups is 1. The summed E-state index contributed by atoms with van der Waals surface area (Å²) in [5.41, 5.74) is 2.79. The van der Waals surface area contributed by atoms with E-state index in [-0.39, 0.29) is 5.78 Å². The molecule has 24 heavy (non-hydrogen) atoms. The molecule has 122 valence electrons. The normalized spacial score (nSPS) is 11.2. The molecule has 3 nitrogen and oxygen atoms in total. The number of thioether (sulfide) groups is 1. The molecule has 0 amide bonds. The summed E-state index contributed by atoms with van der Waals surface area (Å²) in [6.07, 6.45) is 1.59. The Bertz CT molecular complexity index is 882. The van der Waals surface area contributed by atoms with E-state index < -0.39 is 0 Å². The zero-order chi connectivity index (χ0) is 16.9. The van der Waals surface area contributed by atoms with Crippen molar-refractivity contribution in [1.82, 2.24) is 4.98 Å². The minimum Gasteiger partial charge on any atom is -0.494 e. The van der Waals surface area contributed by atoms with Crippen LogP contribution in [0.4, 0.5) is 0 Å². The average Bonchev–Trinajstić information content (AvgIpc) is 2.97. The first-order valence-corrected chi connectivity index (χ1v) is 9.33. The van der Waals surface area contributed by atoms with Crippen LogP contribution in [0.2, 0.25) is 0 Å². The van der Waals surface area contributed by atoms with Crippen LogP contribution in [0.5, 0.6) is 5.75 Å². The SMILES string of the molecule is CCOc1ccc2nc(S/C=C/C(=O)c3ccc(C)cc3)sc2c1. The van der Waals surface area contributed by atoms with Crippen LogP contribution in [-0.2, 0) is 0 Å². The third kappa shape index (κ3) is 4.04. The quantitative estimate of drug-likeness (QED) is 0.333. The number of ether oxygens (including phenoxy) is 1. The van der Waals surface area contributed by atoms with Gasteiger partial charge in [-0.05, 0) is 43.5 Å². The Hall–Kier alpha value is -2.11. The van der Waals surface area contributed by atoms with Gasteiger partial charge in [-0.15, -0.1) is 11.3 Å². The largest absolute Gasteiger partial charge is 0.494 e. The molecule has 3 rings (SSSR count). The Kier molecular flexibility index (Phi) is 5.33. The smallest absolute Gasteiger partial charge is 0.186 e. The van der Waals surface area contributed by atoms with Crippen molar-refractivity contribution in [3.8, 4) is 5.75 Å². The van der Waals surface area contributed by atoms with E-state index in [0.29, 0.717) is 12.2 Å². The number of hydrogen-bond acceptors (Lipinski definition) is 5. The molecule has 3 aromatic rings. The number of aromatic nitrogens is 1. The highest BCUT2D eigenvalue weighted by molar-refractivity contribution is 8.03. The van der Waals surface area contributed by atoms with Gasteiger partial charge in [-0.2, -0.15) is 0 Å². The third-order valence-electron chi connectivity index (χ3n) is 3.38. The Morgan fingerprint density at radius 2 is 2.04 bits per heavy atom. The molecule has 2 aromatic carbocycles. The maximum atomic E-state index is 12.1. The number of nitrogens with zero attached hydrogens (tertiary/aromatic N) is 1. The van der Waals surface area contributed by atoms with Crippen LogP contribution < -0.4 is 4.74 Å². The molecule has 0 aliphatic heterocycles. The summed E-state index contributed by atoms with van der Waals surface area (Å²) in [6.45, 7) is 4.62. The number of allylic oxidation sites excluding steroid dienone is 1. The van der Waals surface area contributed by atoms with Gasteiger partial charge in [0.05, 0.1) is 16.8 Å². The molecule has 0 fully saturated rings. The van der Waals surface area contributed by atoms with Crippen molar-refractivity contribution in [3.05, 3.63) is 65.1 Å². The predicted octanol–water partition coefficient (Wildman–Crippen LogP) is 5.49. The van der Waals surface area contributed by atoms with Crippen molar-refractivity contribution in [2.45, 2.75) is 18.2 Å². The van der Waals surface area contributed by atoms with Gasteiger partial charge in [0, 0.05) is 5.56 Å². The Morgan fingerprint density at radius 1 is 1.25 bits per heavy atom. The maximum Gasteiger partial charge on any atom is 0.186 e. The second-order valence-corrected chi connectivity index (χ2v) is 7.38. The lowest BCUT2D eigenvalue weighted by molar-refractivity contribution is 0.104. The van der Waals surface area contributed by atoms with Gasteiger partial charge in [-0.1, -0.05) is 41.6 Å². The number of rotatable bonds is 6. The summed E-state index contributed by atoms with van der Waals surface area (Å²) < 4.78 is 7.50. The van der Waals surface area contributed by atoms with E-state index in [1.165, 1.54) is 11.8 Å². The van der Waals surface area contributed by atoms with Gasteiger partial charge in [-0.3, -0.25) is 4.79 Å². The van der Waals surface area contributed by atoms with Gasteiger partial charge >= 0.3 is 0 Å². The molecule has 0 saturated heterocycles. The van der Waals surface area contributed by atoms with E-state index in [1.807, 2.05) is 56.3 Å². The van der Waals surface area contributed by atoms with Crippen molar-refractivity contribution in [2.75, 3.05) is 6.61 Å². The van der Waals surface area contributed by atoms with Crippen LogP contribution in [-0.4, -0.2) is 17.4 Å². The number of fused-ring (bicyclic) bond motifs is 1. The lowest BCUT2D eigenvalue weighted by Crippen LogP contribution is -1.93. The lowest BCUT2D eigenvalue weighted by Gasteiger charge is -2.00. The molecule has 0 saturated carbocycles. The first kappa shape index (κ1) is 16.7. The van der Waals surface area contributed by atoms with Crippen molar-refractivity contribution >= 4 is 39.1 Å². The van der Waals surface area contributed by atoms with Crippen LogP contribution in [0.3, 0.4) is 0 Å². The summed E-state index contributed by atoms with van der Waals surface area (Å²) in [4.78, 5) is 16.7. The van der Waals surface area contributed by atoms with Crippen molar-refractivity contribution in [2.24, 2.45) is 0 Å². The van der Waals surface area contributed by atoms with Gasteiger partial charge in [-0.25, -0.2) is 4.98 Å². The highest BCUT2D eigenvalue weighted by atomic mass is 32.2. The fourth-order valence-electron chi connectivity index (χ4n) is 2.16. The summed E-state index contributed by atoms with van der Waals surface area (Å²) in [7, 11) is 0. The first-order chi connectivity index (χ1) is 11.7. The molecule has 0 radical (unpaired) electrons. The maximum absolute atomic E-state index is 12.1.